The molecule has 1 amide bonds. The minimum Gasteiger partial charge on any atom is -0.454 e. The normalized spacial score (nSPS) is 12.3. The number of ether oxygens (including phenoxy) is 3. The highest BCUT2D eigenvalue weighted by molar-refractivity contribution is 5.99. The molecule has 0 atom stereocenters. The van der Waals surface area contributed by atoms with E-state index in [1.807, 2.05) is 0 Å². The zero-order chi connectivity index (χ0) is 21.5. The van der Waals surface area contributed by atoms with Crippen LogP contribution in [0.25, 0.3) is 0 Å². The first-order chi connectivity index (χ1) is 14.4. The molecule has 0 saturated heterocycles. The van der Waals surface area contributed by atoms with Crippen molar-refractivity contribution in [3.05, 3.63) is 53.6 Å². The second kappa shape index (κ2) is 9.55. The summed E-state index contributed by atoms with van der Waals surface area (Å²) >= 11 is 0. The molecule has 9 heteroatoms. The van der Waals surface area contributed by atoms with Crippen LogP contribution in [-0.2, 0) is 19.2 Å². The molecule has 156 valence electrons. The standard InChI is InChI=1S/C21H20N2O7/c1-13(15-6-7-18-19(9-15)29-12-28-18)23-30-11-21(26)27-10-20(25)22-17-5-3-4-16(8-17)14(2)24/h3-9H,10-12H2,1-2H3,(H,22,25)/b23-13+. The van der Waals surface area contributed by atoms with E-state index in [0.29, 0.717) is 28.5 Å². The van der Waals surface area contributed by atoms with Gasteiger partial charge in [0.1, 0.15) is 0 Å². The van der Waals surface area contributed by atoms with Gasteiger partial charge in [-0.05, 0) is 44.2 Å². The van der Waals surface area contributed by atoms with Crippen molar-refractivity contribution in [1.82, 2.24) is 0 Å². The minimum absolute atomic E-state index is 0.119. The molecule has 0 radical (unpaired) electrons. The number of carbonyl (C=O) groups is 3. The van der Waals surface area contributed by atoms with Crippen molar-refractivity contribution in [3.8, 4) is 11.5 Å². The van der Waals surface area contributed by atoms with E-state index in [0.717, 1.165) is 5.56 Å². The predicted octanol–water partition coefficient (Wildman–Crippen LogP) is 2.54. The van der Waals surface area contributed by atoms with E-state index in [-0.39, 0.29) is 12.6 Å². The van der Waals surface area contributed by atoms with Gasteiger partial charge in [-0.1, -0.05) is 17.3 Å². The lowest BCUT2D eigenvalue weighted by atomic mass is 10.1. The molecule has 1 heterocycles. The Kier molecular flexibility index (Phi) is 6.63. The molecule has 0 aliphatic carbocycles. The first kappa shape index (κ1) is 20.8. The van der Waals surface area contributed by atoms with Gasteiger partial charge in [-0.3, -0.25) is 9.59 Å². The Balaban J connectivity index is 1.42. The zero-order valence-corrected chi connectivity index (χ0v) is 16.5. The van der Waals surface area contributed by atoms with E-state index < -0.39 is 25.1 Å². The lowest BCUT2D eigenvalue weighted by Crippen LogP contribution is -2.22. The topological polar surface area (TPSA) is 113 Å². The van der Waals surface area contributed by atoms with Gasteiger partial charge in [0, 0.05) is 16.8 Å². The third-order valence-corrected chi connectivity index (χ3v) is 4.09. The van der Waals surface area contributed by atoms with Crippen molar-refractivity contribution < 1.29 is 33.4 Å². The van der Waals surface area contributed by atoms with Crippen LogP contribution in [-0.4, -0.2) is 43.4 Å². The van der Waals surface area contributed by atoms with Gasteiger partial charge in [-0.25, -0.2) is 4.79 Å². The van der Waals surface area contributed by atoms with E-state index in [1.165, 1.54) is 6.92 Å². The Bertz CT molecular complexity index is 1000. The molecule has 0 unspecified atom stereocenters. The van der Waals surface area contributed by atoms with Crippen molar-refractivity contribution in [2.75, 3.05) is 25.3 Å². The second-order valence-electron chi connectivity index (χ2n) is 6.36. The molecule has 0 saturated carbocycles. The van der Waals surface area contributed by atoms with Crippen molar-refractivity contribution in [2.24, 2.45) is 5.16 Å². The lowest BCUT2D eigenvalue weighted by molar-refractivity contribution is -0.151. The molecule has 2 aromatic carbocycles. The largest absolute Gasteiger partial charge is 0.454 e. The van der Waals surface area contributed by atoms with Gasteiger partial charge in [-0.2, -0.15) is 0 Å². The van der Waals surface area contributed by atoms with Gasteiger partial charge < -0.3 is 24.4 Å². The number of benzene rings is 2. The van der Waals surface area contributed by atoms with E-state index in [2.05, 4.69) is 10.5 Å². The Morgan fingerprint density at radius 1 is 1.00 bits per heavy atom. The zero-order valence-electron chi connectivity index (χ0n) is 16.5. The summed E-state index contributed by atoms with van der Waals surface area (Å²) in [5, 5.41) is 6.42. The number of rotatable bonds is 8. The Morgan fingerprint density at radius 2 is 1.80 bits per heavy atom. The number of amides is 1. The monoisotopic (exact) mass is 412 g/mol. The van der Waals surface area contributed by atoms with Crippen molar-refractivity contribution in [1.29, 1.82) is 0 Å². The minimum atomic E-state index is -0.745. The molecular formula is C21H20N2O7. The Hall–Kier alpha value is -3.88. The van der Waals surface area contributed by atoms with Gasteiger partial charge >= 0.3 is 5.97 Å². The highest BCUT2D eigenvalue weighted by Gasteiger charge is 2.14. The highest BCUT2D eigenvalue weighted by Crippen LogP contribution is 2.32. The van der Waals surface area contributed by atoms with Crippen molar-refractivity contribution >= 4 is 29.1 Å². The second-order valence-corrected chi connectivity index (χ2v) is 6.36. The molecule has 2 aromatic rings. The van der Waals surface area contributed by atoms with E-state index in [4.69, 9.17) is 19.0 Å². The summed E-state index contributed by atoms with van der Waals surface area (Å²) < 4.78 is 15.4. The first-order valence-corrected chi connectivity index (χ1v) is 9.05. The third-order valence-electron chi connectivity index (χ3n) is 4.09. The van der Waals surface area contributed by atoms with E-state index in [1.54, 1.807) is 49.4 Å². The van der Waals surface area contributed by atoms with Crippen LogP contribution >= 0.6 is 0 Å². The average molecular weight is 412 g/mol. The number of nitrogens with one attached hydrogen (secondary N) is 1. The summed E-state index contributed by atoms with van der Waals surface area (Å²) in [6.07, 6.45) is 0. The lowest BCUT2D eigenvalue weighted by Gasteiger charge is -2.07. The fourth-order valence-corrected chi connectivity index (χ4v) is 2.56. The Labute approximate surface area is 172 Å². The number of Topliss-reactive ketones (excluding diaryl/α,β-unsaturated/α-hetero) is 1. The summed E-state index contributed by atoms with van der Waals surface area (Å²) in [5.74, 6) is -0.135. The number of carbonyl (C=O) groups excluding carboxylic acids is 3. The number of anilines is 1. The average Bonchev–Trinajstić information content (AvgIpc) is 3.20. The van der Waals surface area contributed by atoms with Crippen molar-refractivity contribution in [2.45, 2.75) is 13.8 Å². The number of hydrogen-bond acceptors (Lipinski definition) is 8. The van der Waals surface area contributed by atoms with Gasteiger partial charge in [0.15, 0.2) is 23.9 Å². The molecule has 0 bridgehead atoms. The number of hydrogen-bond donors (Lipinski definition) is 1. The first-order valence-electron chi connectivity index (χ1n) is 9.05. The fraction of sp³-hybridized carbons (Fsp3) is 0.238. The van der Waals surface area contributed by atoms with Crippen LogP contribution in [0.5, 0.6) is 11.5 Å². The number of nitrogens with zero attached hydrogens (tertiary/aromatic N) is 1. The smallest absolute Gasteiger partial charge is 0.347 e. The molecule has 1 aliphatic heterocycles. The van der Waals surface area contributed by atoms with Crippen LogP contribution < -0.4 is 14.8 Å². The number of fused-ring (bicyclic) bond motifs is 1. The summed E-state index contributed by atoms with van der Waals surface area (Å²) in [5.41, 5.74) is 2.18. The molecule has 0 spiro atoms. The summed E-state index contributed by atoms with van der Waals surface area (Å²) in [4.78, 5) is 40.0. The van der Waals surface area contributed by atoms with Gasteiger partial charge in [0.25, 0.3) is 5.91 Å². The van der Waals surface area contributed by atoms with Gasteiger partial charge in [-0.15, -0.1) is 0 Å². The summed E-state index contributed by atoms with van der Waals surface area (Å²) in [7, 11) is 0. The maximum atomic E-state index is 11.9. The highest BCUT2D eigenvalue weighted by atomic mass is 16.7. The number of ketones is 1. The number of esters is 1. The van der Waals surface area contributed by atoms with Crippen molar-refractivity contribution in [3.63, 3.8) is 0 Å². The maximum absolute atomic E-state index is 11.9. The predicted molar refractivity (Wildman–Crippen MR) is 107 cm³/mol. The molecule has 3 rings (SSSR count). The Morgan fingerprint density at radius 3 is 2.60 bits per heavy atom. The van der Waals surface area contributed by atoms with Gasteiger partial charge in [0.05, 0.1) is 5.71 Å². The van der Waals surface area contributed by atoms with E-state index >= 15 is 0 Å². The van der Waals surface area contributed by atoms with Crippen LogP contribution in [0, 0.1) is 0 Å². The van der Waals surface area contributed by atoms with E-state index in [9.17, 15) is 14.4 Å². The summed E-state index contributed by atoms with van der Waals surface area (Å²) in [6.45, 7) is 2.38. The third kappa shape index (κ3) is 5.57. The molecule has 1 aliphatic rings. The van der Waals surface area contributed by atoms with Crippen LogP contribution in [0.2, 0.25) is 0 Å². The molecule has 0 fully saturated rings. The summed E-state index contributed by atoms with van der Waals surface area (Å²) in [6, 6.07) is 11.8. The van der Waals surface area contributed by atoms with Crippen LogP contribution in [0.1, 0.15) is 29.8 Å². The van der Waals surface area contributed by atoms with Crippen LogP contribution in [0.15, 0.2) is 47.6 Å². The molecular weight excluding hydrogens is 392 g/mol. The van der Waals surface area contributed by atoms with Crippen LogP contribution in [0.3, 0.4) is 0 Å². The quantitative estimate of drug-likeness (QED) is 0.307. The number of oxime groups is 1. The molecule has 0 aromatic heterocycles. The van der Waals surface area contributed by atoms with Crippen LogP contribution in [0.4, 0.5) is 5.69 Å². The molecule has 30 heavy (non-hydrogen) atoms. The molecule has 1 N–H and O–H groups in total. The fourth-order valence-electron chi connectivity index (χ4n) is 2.56. The maximum Gasteiger partial charge on any atom is 0.347 e. The van der Waals surface area contributed by atoms with Gasteiger partial charge in [0.2, 0.25) is 13.4 Å². The molecule has 9 nitrogen and oxygen atoms in total. The SMILES string of the molecule is CC(=O)c1cccc(NC(=O)COC(=O)CO/N=C(\C)c2ccc3c(c2)OCO3)c1.